The van der Waals surface area contributed by atoms with Crippen LogP contribution in [0.1, 0.15) is 18.9 Å². The van der Waals surface area contributed by atoms with Gasteiger partial charge in [-0.3, -0.25) is 9.59 Å². The fourth-order valence-electron chi connectivity index (χ4n) is 3.61. The number of ether oxygens (including phenoxy) is 2. The van der Waals surface area contributed by atoms with Gasteiger partial charge in [0, 0.05) is 0 Å². The van der Waals surface area contributed by atoms with E-state index in [1.54, 1.807) is 48.5 Å². The number of nitrogens with one attached hydrogen (secondary N) is 1. The number of carbonyl (C=O) groups is 2. The highest BCUT2D eigenvalue weighted by Gasteiger charge is 2.41. The fourth-order valence-corrected chi connectivity index (χ4v) is 3.61. The van der Waals surface area contributed by atoms with Crippen molar-refractivity contribution in [3.63, 3.8) is 0 Å². The lowest BCUT2D eigenvalue weighted by atomic mass is 10.0. The predicted octanol–water partition coefficient (Wildman–Crippen LogP) is 5.02. The van der Waals surface area contributed by atoms with Crippen LogP contribution in [0.5, 0.6) is 11.5 Å². The third-order valence-electron chi connectivity index (χ3n) is 5.15. The summed E-state index contributed by atoms with van der Waals surface area (Å²) in [4.78, 5) is 28.3. The number of halogens is 1. The van der Waals surface area contributed by atoms with Crippen LogP contribution < -0.4 is 19.7 Å². The highest BCUT2D eigenvalue weighted by molar-refractivity contribution is 6.46. The number of rotatable bonds is 8. The van der Waals surface area contributed by atoms with Gasteiger partial charge in [-0.05, 0) is 48.4 Å². The summed E-state index contributed by atoms with van der Waals surface area (Å²) in [6, 6.07) is 19.4. The van der Waals surface area contributed by atoms with Crippen LogP contribution in [0.4, 0.5) is 15.8 Å². The molecule has 0 aromatic heterocycles. The lowest BCUT2D eigenvalue weighted by Crippen LogP contribution is -2.32. The Morgan fingerprint density at radius 3 is 2.24 bits per heavy atom. The summed E-state index contributed by atoms with van der Waals surface area (Å²) in [7, 11) is 1.52. The number of hydrogen-bond acceptors (Lipinski definition) is 5. The first-order valence-corrected chi connectivity index (χ1v) is 10.6. The normalized spacial score (nSPS) is 13.5. The quantitative estimate of drug-likeness (QED) is 0.492. The first kappa shape index (κ1) is 22.1. The average molecular weight is 446 g/mol. The van der Waals surface area contributed by atoms with Crippen molar-refractivity contribution in [2.45, 2.75) is 13.3 Å². The molecule has 4 rings (SSSR count). The summed E-state index contributed by atoms with van der Waals surface area (Å²) in [5.41, 5.74) is 1.49. The summed E-state index contributed by atoms with van der Waals surface area (Å²) < 4.78 is 24.7. The largest absolute Gasteiger partial charge is 0.495 e. The molecule has 0 atom stereocenters. The van der Waals surface area contributed by atoms with Crippen molar-refractivity contribution < 1.29 is 23.5 Å². The topological polar surface area (TPSA) is 67.9 Å². The predicted molar refractivity (Wildman–Crippen MR) is 125 cm³/mol. The third kappa shape index (κ3) is 4.30. The van der Waals surface area contributed by atoms with Crippen molar-refractivity contribution in [3.05, 3.63) is 89.9 Å². The van der Waals surface area contributed by atoms with Crippen LogP contribution in [-0.4, -0.2) is 25.5 Å². The zero-order chi connectivity index (χ0) is 23.4. The van der Waals surface area contributed by atoms with Gasteiger partial charge in [-0.15, -0.1) is 0 Å². The molecule has 1 aliphatic heterocycles. The van der Waals surface area contributed by atoms with E-state index in [2.05, 4.69) is 5.32 Å². The van der Waals surface area contributed by atoms with E-state index in [0.717, 1.165) is 11.3 Å². The van der Waals surface area contributed by atoms with E-state index < -0.39 is 17.6 Å². The standard InChI is InChI=1S/C26H23FN2O4/c1-3-16-33-22-11-7-5-9-20(22)29-25(30)23(17-12-14-18(27)15-13-17)24(26(29)31)28-19-8-4-6-10-21(19)32-2/h4-15,28H,3,16H2,1-2H3. The summed E-state index contributed by atoms with van der Waals surface area (Å²) in [6.07, 6.45) is 0.774. The van der Waals surface area contributed by atoms with Crippen LogP contribution in [0, 0.1) is 5.82 Å². The molecular weight excluding hydrogens is 423 g/mol. The van der Waals surface area contributed by atoms with Crippen molar-refractivity contribution >= 4 is 28.8 Å². The summed E-state index contributed by atoms with van der Waals surface area (Å²) in [6.45, 7) is 2.41. The molecule has 3 aromatic carbocycles. The molecule has 7 heteroatoms. The monoisotopic (exact) mass is 446 g/mol. The van der Waals surface area contributed by atoms with Crippen LogP contribution in [0.15, 0.2) is 78.5 Å². The molecule has 1 aliphatic rings. The number of anilines is 2. The van der Waals surface area contributed by atoms with E-state index in [4.69, 9.17) is 9.47 Å². The Bertz CT molecular complexity index is 1220. The molecule has 0 saturated heterocycles. The third-order valence-corrected chi connectivity index (χ3v) is 5.15. The fraction of sp³-hybridized carbons (Fsp3) is 0.154. The molecule has 1 N–H and O–H groups in total. The molecule has 6 nitrogen and oxygen atoms in total. The Balaban J connectivity index is 1.82. The molecule has 0 aliphatic carbocycles. The second kappa shape index (κ2) is 9.56. The summed E-state index contributed by atoms with van der Waals surface area (Å²) in [5.74, 6) is -0.577. The number of nitrogens with zero attached hydrogens (tertiary/aromatic N) is 1. The zero-order valence-corrected chi connectivity index (χ0v) is 18.3. The lowest BCUT2D eigenvalue weighted by Gasteiger charge is -2.19. The number of amides is 2. The van der Waals surface area contributed by atoms with Crippen LogP contribution in [-0.2, 0) is 9.59 Å². The molecular formula is C26H23FN2O4. The number of para-hydroxylation sites is 4. The average Bonchev–Trinajstić information content (AvgIpc) is 3.08. The Morgan fingerprint density at radius 1 is 0.879 bits per heavy atom. The van der Waals surface area contributed by atoms with Gasteiger partial charge >= 0.3 is 0 Å². The number of imide groups is 1. The van der Waals surface area contributed by atoms with Gasteiger partial charge in [0.2, 0.25) is 0 Å². The molecule has 168 valence electrons. The Morgan fingerprint density at radius 2 is 1.55 bits per heavy atom. The first-order chi connectivity index (χ1) is 16.0. The van der Waals surface area contributed by atoms with Crippen LogP contribution in [0.2, 0.25) is 0 Å². The molecule has 3 aromatic rings. The zero-order valence-electron chi connectivity index (χ0n) is 18.3. The molecule has 2 amide bonds. The van der Waals surface area contributed by atoms with E-state index in [1.165, 1.54) is 31.4 Å². The first-order valence-electron chi connectivity index (χ1n) is 10.6. The number of methoxy groups -OCH3 is 1. The molecule has 0 unspecified atom stereocenters. The van der Waals surface area contributed by atoms with Crippen molar-refractivity contribution in [2.24, 2.45) is 0 Å². The highest BCUT2D eigenvalue weighted by atomic mass is 19.1. The van der Waals surface area contributed by atoms with Gasteiger partial charge in [0.25, 0.3) is 11.8 Å². The van der Waals surface area contributed by atoms with Gasteiger partial charge in [-0.2, -0.15) is 0 Å². The minimum absolute atomic E-state index is 0.0707. The molecule has 0 radical (unpaired) electrons. The van der Waals surface area contributed by atoms with E-state index in [-0.39, 0.29) is 11.3 Å². The van der Waals surface area contributed by atoms with E-state index in [0.29, 0.717) is 35.0 Å². The maximum absolute atomic E-state index is 13.6. The lowest BCUT2D eigenvalue weighted by molar-refractivity contribution is -0.120. The van der Waals surface area contributed by atoms with E-state index in [9.17, 15) is 14.0 Å². The Hall–Kier alpha value is -4.13. The van der Waals surface area contributed by atoms with Gasteiger partial charge in [0.05, 0.1) is 30.7 Å². The molecule has 0 fully saturated rings. The van der Waals surface area contributed by atoms with Crippen molar-refractivity contribution in [1.82, 2.24) is 0 Å². The van der Waals surface area contributed by atoms with E-state index >= 15 is 0 Å². The number of benzene rings is 3. The summed E-state index contributed by atoms with van der Waals surface area (Å²) >= 11 is 0. The molecule has 33 heavy (non-hydrogen) atoms. The maximum atomic E-state index is 13.6. The smallest absolute Gasteiger partial charge is 0.282 e. The second-order valence-electron chi connectivity index (χ2n) is 7.34. The molecule has 1 heterocycles. The maximum Gasteiger partial charge on any atom is 0.282 e. The molecule has 0 bridgehead atoms. The van der Waals surface area contributed by atoms with Gasteiger partial charge in [-0.25, -0.2) is 9.29 Å². The Labute approximate surface area is 191 Å². The van der Waals surface area contributed by atoms with Crippen LogP contribution in [0.25, 0.3) is 5.57 Å². The highest BCUT2D eigenvalue weighted by Crippen LogP contribution is 2.38. The van der Waals surface area contributed by atoms with Crippen LogP contribution in [0.3, 0.4) is 0 Å². The van der Waals surface area contributed by atoms with Gasteiger partial charge in [0.1, 0.15) is 23.0 Å². The van der Waals surface area contributed by atoms with Gasteiger partial charge < -0.3 is 14.8 Å². The van der Waals surface area contributed by atoms with Gasteiger partial charge in [-0.1, -0.05) is 43.3 Å². The number of hydrogen-bond donors (Lipinski definition) is 1. The SMILES string of the molecule is CCCOc1ccccc1N1C(=O)C(Nc2ccccc2OC)=C(c2ccc(F)cc2)C1=O. The minimum atomic E-state index is -0.544. The van der Waals surface area contributed by atoms with Crippen molar-refractivity contribution in [1.29, 1.82) is 0 Å². The van der Waals surface area contributed by atoms with Gasteiger partial charge in [0.15, 0.2) is 0 Å². The minimum Gasteiger partial charge on any atom is -0.495 e. The van der Waals surface area contributed by atoms with E-state index in [1.807, 2.05) is 6.92 Å². The van der Waals surface area contributed by atoms with Crippen molar-refractivity contribution in [2.75, 3.05) is 23.9 Å². The molecule has 0 spiro atoms. The summed E-state index contributed by atoms with van der Waals surface area (Å²) in [5, 5.41) is 3.07. The molecule has 0 saturated carbocycles. The second-order valence-corrected chi connectivity index (χ2v) is 7.34. The van der Waals surface area contributed by atoms with Crippen LogP contribution >= 0.6 is 0 Å². The van der Waals surface area contributed by atoms with Crippen molar-refractivity contribution in [3.8, 4) is 11.5 Å². The Kier molecular flexibility index (Phi) is 6.40. The number of carbonyl (C=O) groups excluding carboxylic acids is 2.